The minimum atomic E-state index is 0.376. The largest absolute Gasteiger partial charge is 0.359 e. The van der Waals surface area contributed by atoms with Gasteiger partial charge in [-0.05, 0) is 50.3 Å². The molecule has 3 nitrogen and oxygen atoms in total. The zero-order valence-electron chi connectivity index (χ0n) is 14.1. The Hall–Kier alpha value is -1.61. The third kappa shape index (κ3) is 3.09. The smallest absolute Gasteiger partial charge is 0.154 e. The molecule has 0 bridgehead atoms. The van der Waals surface area contributed by atoms with E-state index in [4.69, 9.17) is 4.52 Å². The van der Waals surface area contributed by atoms with Gasteiger partial charge < -0.3 is 4.52 Å². The van der Waals surface area contributed by atoms with E-state index < -0.39 is 0 Å². The van der Waals surface area contributed by atoms with Gasteiger partial charge in [-0.3, -0.25) is 4.90 Å². The summed E-state index contributed by atoms with van der Waals surface area (Å²) in [6.45, 7) is 10.8. The molecule has 2 aromatic rings. The fourth-order valence-electron chi connectivity index (χ4n) is 3.31. The van der Waals surface area contributed by atoms with Gasteiger partial charge in [0.25, 0.3) is 0 Å². The summed E-state index contributed by atoms with van der Waals surface area (Å²) < 4.78 is 5.64. The fourth-order valence-corrected chi connectivity index (χ4v) is 3.31. The first-order valence-corrected chi connectivity index (χ1v) is 8.31. The summed E-state index contributed by atoms with van der Waals surface area (Å²) in [5.74, 6) is 1.46. The third-order valence-electron chi connectivity index (χ3n) is 4.70. The van der Waals surface area contributed by atoms with Crippen LogP contribution in [0.5, 0.6) is 0 Å². The second kappa shape index (κ2) is 6.25. The van der Waals surface area contributed by atoms with Gasteiger partial charge in [-0.1, -0.05) is 42.8 Å². The van der Waals surface area contributed by atoms with Crippen molar-refractivity contribution in [1.29, 1.82) is 0 Å². The molecule has 2 heterocycles. The molecule has 0 unspecified atom stereocenters. The molecule has 1 saturated heterocycles. The topological polar surface area (TPSA) is 29.3 Å². The van der Waals surface area contributed by atoms with E-state index in [9.17, 15) is 0 Å². The average molecular weight is 298 g/mol. The fraction of sp³-hybridized carbons (Fsp3) is 0.526. The molecule has 1 atom stereocenters. The van der Waals surface area contributed by atoms with Crippen LogP contribution in [0.1, 0.15) is 66.8 Å². The van der Waals surface area contributed by atoms with Gasteiger partial charge in [-0.25, -0.2) is 0 Å². The molecular formula is C19H26N2O. The summed E-state index contributed by atoms with van der Waals surface area (Å²) in [5, 5.41) is 4.23. The maximum Gasteiger partial charge on any atom is 0.154 e. The minimum Gasteiger partial charge on any atom is -0.359 e. The molecule has 3 rings (SSSR count). The first-order valence-electron chi connectivity index (χ1n) is 8.31. The molecule has 1 aromatic heterocycles. The second-order valence-corrected chi connectivity index (χ2v) is 6.87. The van der Waals surface area contributed by atoms with Gasteiger partial charge in [0.05, 0.1) is 11.7 Å². The van der Waals surface area contributed by atoms with E-state index in [0.717, 1.165) is 31.0 Å². The zero-order valence-corrected chi connectivity index (χ0v) is 14.1. The van der Waals surface area contributed by atoms with Gasteiger partial charge in [0.1, 0.15) is 0 Å². The van der Waals surface area contributed by atoms with Gasteiger partial charge in [-0.2, -0.15) is 0 Å². The Labute approximate surface area is 133 Å². The monoisotopic (exact) mass is 298 g/mol. The zero-order chi connectivity index (χ0) is 15.7. The molecule has 0 radical (unpaired) electrons. The van der Waals surface area contributed by atoms with Crippen molar-refractivity contribution < 1.29 is 4.52 Å². The van der Waals surface area contributed by atoms with Crippen LogP contribution in [0.3, 0.4) is 0 Å². The molecule has 1 aromatic carbocycles. The van der Waals surface area contributed by atoms with Crippen LogP contribution in [-0.4, -0.2) is 16.6 Å². The highest BCUT2D eigenvalue weighted by molar-refractivity contribution is 5.30. The first-order chi connectivity index (χ1) is 10.5. The summed E-state index contributed by atoms with van der Waals surface area (Å²) in [5.41, 5.74) is 5.19. The molecular weight excluding hydrogens is 272 g/mol. The standard InChI is InChI=1S/C19H26N2O/c1-13(2)17-11-19(22-20-17)18-6-5-9-21(18)12-16-8-7-14(3)10-15(16)4/h7-8,10-11,13,18H,5-6,9,12H2,1-4H3/t18-/m0/s1. The normalized spacial score (nSPS) is 19.2. The van der Waals surface area contributed by atoms with E-state index in [1.54, 1.807) is 0 Å². The number of aromatic nitrogens is 1. The van der Waals surface area contributed by atoms with Crippen LogP contribution < -0.4 is 0 Å². The second-order valence-electron chi connectivity index (χ2n) is 6.87. The highest BCUT2D eigenvalue weighted by atomic mass is 16.5. The van der Waals surface area contributed by atoms with Crippen molar-refractivity contribution in [2.45, 2.75) is 59.0 Å². The van der Waals surface area contributed by atoms with E-state index in [1.807, 2.05) is 0 Å². The van der Waals surface area contributed by atoms with Crippen LogP contribution in [0.15, 0.2) is 28.8 Å². The van der Waals surface area contributed by atoms with Crippen LogP contribution in [0.4, 0.5) is 0 Å². The van der Waals surface area contributed by atoms with E-state index in [2.05, 4.69) is 62.0 Å². The minimum absolute atomic E-state index is 0.376. The highest BCUT2D eigenvalue weighted by Crippen LogP contribution is 2.34. The molecule has 118 valence electrons. The molecule has 0 amide bonds. The maximum absolute atomic E-state index is 5.64. The Morgan fingerprint density at radius 2 is 2.09 bits per heavy atom. The van der Waals surface area contributed by atoms with Crippen molar-refractivity contribution in [1.82, 2.24) is 10.1 Å². The van der Waals surface area contributed by atoms with Crippen LogP contribution in [0, 0.1) is 13.8 Å². The quantitative estimate of drug-likeness (QED) is 0.815. The predicted octanol–water partition coefficient (Wildman–Crippen LogP) is 4.75. The summed E-state index contributed by atoms with van der Waals surface area (Å²) in [4.78, 5) is 2.53. The maximum atomic E-state index is 5.64. The third-order valence-corrected chi connectivity index (χ3v) is 4.70. The van der Waals surface area contributed by atoms with Crippen molar-refractivity contribution in [3.63, 3.8) is 0 Å². The van der Waals surface area contributed by atoms with Gasteiger partial charge in [0, 0.05) is 12.6 Å². The van der Waals surface area contributed by atoms with E-state index in [-0.39, 0.29) is 0 Å². The number of benzene rings is 1. The summed E-state index contributed by atoms with van der Waals surface area (Å²) in [7, 11) is 0. The molecule has 22 heavy (non-hydrogen) atoms. The Morgan fingerprint density at radius 1 is 1.27 bits per heavy atom. The molecule has 0 spiro atoms. The number of nitrogens with zero attached hydrogens (tertiary/aromatic N) is 2. The van der Waals surface area contributed by atoms with Crippen LogP contribution in [0.2, 0.25) is 0 Å². The molecule has 3 heteroatoms. The Kier molecular flexibility index (Phi) is 4.34. The SMILES string of the molecule is Cc1ccc(CN2CCC[C@H]2c2cc(C(C)C)no2)c(C)c1. The van der Waals surface area contributed by atoms with Crippen LogP contribution >= 0.6 is 0 Å². The molecule has 0 N–H and O–H groups in total. The summed E-state index contributed by atoms with van der Waals surface area (Å²) >= 11 is 0. The number of rotatable bonds is 4. The van der Waals surface area contributed by atoms with Crippen molar-refractivity contribution in [3.8, 4) is 0 Å². The van der Waals surface area contributed by atoms with E-state index >= 15 is 0 Å². The Bertz CT molecular complexity index is 645. The lowest BCUT2D eigenvalue weighted by atomic mass is 10.0. The molecule has 0 saturated carbocycles. The van der Waals surface area contributed by atoms with Gasteiger partial charge in [-0.15, -0.1) is 0 Å². The molecule has 1 fully saturated rings. The summed E-state index contributed by atoms with van der Waals surface area (Å²) in [6.07, 6.45) is 2.39. The van der Waals surface area contributed by atoms with E-state index in [1.165, 1.54) is 23.1 Å². The van der Waals surface area contributed by atoms with Crippen molar-refractivity contribution in [2.24, 2.45) is 0 Å². The molecule has 0 aliphatic carbocycles. The van der Waals surface area contributed by atoms with Gasteiger partial charge >= 0.3 is 0 Å². The number of hydrogen-bond donors (Lipinski definition) is 0. The van der Waals surface area contributed by atoms with Crippen LogP contribution in [0.25, 0.3) is 0 Å². The van der Waals surface area contributed by atoms with Crippen molar-refractivity contribution >= 4 is 0 Å². The highest BCUT2D eigenvalue weighted by Gasteiger charge is 2.29. The van der Waals surface area contributed by atoms with Gasteiger partial charge in [0.2, 0.25) is 0 Å². The lowest BCUT2D eigenvalue weighted by Crippen LogP contribution is -2.23. The van der Waals surface area contributed by atoms with Gasteiger partial charge in [0.15, 0.2) is 5.76 Å². The lowest BCUT2D eigenvalue weighted by molar-refractivity contribution is 0.206. The van der Waals surface area contributed by atoms with Crippen molar-refractivity contribution in [2.75, 3.05) is 6.54 Å². The first kappa shape index (κ1) is 15.3. The van der Waals surface area contributed by atoms with Crippen LogP contribution in [-0.2, 0) is 6.54 Å². The molecule has 1 aliphatic heterocycles. The number of aryl methyl sites for hydroxylation is 2. The number of likely N-dealkylation sites (tertiary alicyclic amines) is 1. The number of hydrogen-bond acceptors (Lipinski definition) is 3. The Morgan fingerprint density at radius 3 is 2.77 bits per heavy atom. The van der Waals surface area contributed by atoms with Crippen molar-refractivity contribution in [3.05, 3.63) is 52.4 Å². The Balaban J connectivity index is 1.77. The summed E-state index contributed by atoms with van der Waals surface area (Å²) in [6, 6.07) is 9.26. The predicted molar refractivity (Wildman–Crippen MR) is 88.9 cm³/mol. The molecule has 1 aliphatic rings. The average Bonchev–Trinajstić information content (AvgIpc) is 3.10. The lowest BCUT2D eigenvalue weighted by Gasteiger charge is -2.23. The van der Waals surface area contributed by atoms with E-state index in [0.29, 0.717) is 12.0 Å².